The maximum absolute atomic E-state index is 10.7. The molecule has 0 rings (SSSR count). The number of hydrogen-bond donors (Lipinski definition) is 1. The molecule has 0 aromatic rings. The van der Waals surface area contributed by atoms with E-state index in [9.17, 15) is 4.79 Å². The SMILES string of the molecule is CCCC(C)N(CC(=O)O)CC(C)C. The van der Waals surface area contributed by atoms with Crippen LogP contribution in [0.4, 0.5) is 0 Å². The van der Waals surface area contributed by atoms with E-state index in [0.717, 1.165) is 19.4 Å². The van der Waals surface area contributed by atoms with Crippen molar-refractivity contribution >= 4 is 5.97 Å². The number of nitrogens with zero attached hydrogens (tertiary/aromatic N) is 1. The summed E-state index contributed by atoms with van der Waals surface area (Å²) < 4.78 is 0. The summed E-state index contributed by atoms with van der Waals surface area (Å²) in [7, 11) is 0. The molecule has 3 nitrogen and oxygen atoms in total. The van der Waals surface area contributed by atoms with Crippen LogP contribution in [0.25, 0.3) is 0 Å². The third kappa shape index (κ3) is 5.97. The van der Waals surface area contributed by atoms with Crippen LogP contribution in [0.2, 0.25) is 0 Å². The van der Waals surface area contributed by atoms with Crippen molar-refractivity contribution in [2.75, 3.05) is 13.1 Å². The van der Waals surface area contributed by atoms with Gasteiger partial charge in [0.05, 0.1) is 6.54 Å². The molecule has 1 atom stereocenters. The molecule has 1 N–H and O–H groups in total. The van der Waals surface area contributed by atoms with Crippen molar-refractivity contribution in [3.05, 3.63) is 0 Å². The molecule has 0 aromatic carbocycles. The third-order valence-corrected chi connectivity index (χ3v) is 2.27. The Morgan fingerprint density at radius 2 is 1.93 bits per heavy atom. The molecule has 0 aliphatic heterocycles. The maximum atomic E-state index is 10.7. The van der Waals surface area contributed by atoms with Crippen LogP contribution in [0, 0.1) is 5.92 Å². The summed E-state index contributed by atoms with van der Waals surface area (Å²) >= 11 is 0. The minimum absolute atomic E-state index is 0.166. The summed E-state index contributed by atoms with van der Waals surface area (Å²) in [5.41, 5.74) is 0. The zero-order chi connectivity index (χ0) is 11.1. The second-order valence-electron chi connectivity index (χ2n) is 4.35. The lowest BCUT2D eigenvalue weighted by atomic mass is 10.1. The van der Waals surface area contributed by atoms with E-state index in [1.165, 1.54) is 0 Å². The van der Waals surface area contributed by atoms with Crippen LogP contribution in [0.15, 0.2) is 0 Å². The van der Waals surface area contributed by atoms with Crippen molar-refractivity contribution in [2.45, 2.75) is 46.6 Å². The molecule has 0 aliphatic carbocycles. The van der Waals surface area contributed by atoms with Crippen LogP contribution in [0.3, 0.4) is 0 Å². The highest BCUT2D eigenvalue weighted by molar-refractivity contribution is 5.69. The molecule has 0 amide bonds. The Hall–Kier alpha value is -0.570. The van der Waals surface area contributed by atoms with E-state index in [2.05, 4.69) is 32.6 Å². The second kappa shape index (κ2) is 6.82. The Bertz CT molecular complexity index is 169. The van der Waals surface area contributed by atoms with Gasteiger partial charge in [-0.05, 0) is 19.3 Å². The molecular weight excluding hydrogens is 178 g/mol. The van der Waals surface area contributed by atoms with Crippen LogP contribution < -0.4 is 0 Å². The number of carboxylic acid groups (broad SMARTS) is 1. The van der Waals surface area contributed by atoms with Crippen LogP contribution >= 0.6 is 0 Å². The number of aliphatic carboxylic acids is 1. The zero-order valence-electron chi connectivity index (χ0n) is 9.79. The van der Waals surface area contributed by atoms with Crippen LogP contribution in [0.1, 0.15) is 40.5 Å². The van der Waals surface area contributed by atoms with Crippen LogP contribution in [-0.4, -0.2) is 35.1 Å². The number of carbonyl (C=O) groups is 1. The molecule has 0 saturated heterocycles. The molecule has 0 spiro atoms. The summed E-state index contributed by atoms with van der Waals surface area (Å²) in [6, 6.07) is 0.374. The van der Waals surface area contributed by atoms with Gasteiger partial charge in [-0.1, -0.05) is 27.2 Å². The molecule has 14 heavy (non-hydrogen) atoms. The molecule has 0 bridgehead atoms. The summed E-state index contributed by atoms with van der Waals surface area (Å²) in [5.74, 6) is -0.206. The Labute approximate surface area is 87.1 Å². The van der Waals surface area contributed by atoms with Gasteiger partial charge in [-0.2, -0.15) is 0 Å². The fraction of sp³-hybridized carbons (Fsp3) is 0.909. The fourth-order valence-electron chi connectivity index (χ4n) is 1.64. The Kier molecular flexibility index (Phi) is 6.54. The molecular formula is C11H23NO2. The average molecular weight is 201 g/mol. The van der Waals surface area contributed by atoms with Gasteiger partial charge in [-0.15, -0.1) is 0 Å². The molecule has 84 valence electrons. The highest BCUT2D eigenvalue weighted by Crippen LogP contribution is 2.09. The van der Waals surface area contributed by atoms with Gasteiger partial charge in [0.25, 0.3) is 0 Å². The van der Waals surface area contributed by atoms with E-state index in [1.807, 2.05) is 0 Å². The highest BCUT2D eigenvalue weighted by atomic mass is 16.4. The number of rotatable bonds is 7. The van der Waals surface area contributed by atoms with E-state index in [4.69, 9.17) is 5.11 Å². The van der Waals surface area contributed by atoms with Gasteiger partial charge in [0, 0.05) is 12.6 Å². The van der Waals surface area contributed by atoms with E-state index in [0.29, 0.717) is 12.0 Å². The van der Waals surface area contributed by atoms with Gasteiger partial charge in [-0.25, -0.2) is 0 Å². The Morgan fingerprint density at radius 3 is 2.29 bits per heavy atom. The predicted molar refractivity (Wildman–Crippen MR) is 58.4 cm³/mol. The summed E-state index contributed by atoms with van der Waals surface area (Å²) in [6.45, 7) is 9.51. The summed E-state index contributed by atoms with van der Waals surface area (Å²) in [6.07, 6.45) is 2.18. The Balaban J connectivity index is 4.14. The first-order chi connectivity index (χ1) is 6.47. The normalized spacial score (nSPS) is 13.6. The molecule has 0 fully saturated rings. The van der Waals surface area contributed by atoms with Gasteiger partial charge in [0.15, 0.2) is 0 Å². The quantitative estimate of drug-likeness (QED) is 0.686. The lowest BCUT2D eigenvalue weighted by molar-refractivity contribution is -0.139. The van der Waals surface area contributed by atoms with E-state index in [1.54, 1.807) is 0 Å². The number of carboxylic acids is 1. The first kappa shape index (κ1) is 13.4. The van der Waals surface area contributed by atoms with Gasteiger partial charge >= 0.3 is 5.97 Å². The maximum Gasteiger partial charge on any atom is 0.317 e. The minimum Gasteiger partial charge on any atom is -0.480 e. The minimum atomic E-state index is -0.728. The molecule has 0 radical (unpaired) electrons. The highest BCUT2D eigenvalue weighted by Gasteiger charge is 2.16. The summed E-state index contributed by atoms with van der Waals surface area (Å²) in [5, 5.41) is 8.77. The molecule has 1 unspecified atom stereocenters. The van der Waals surface area contributed by atoms with Gasteiger partial charge in [0.1, 0.15) is 0 Å². The van der Waals surface area contributed by atoms with E-state index < -0.39 is 5.97 Å². The largest absolute Gasteiger partial charge is 0.480 e. The van der Waals surface area contributed by atoms with E-state index >= 15 is 0 Å². The topological polar surface area (TPSA) is 40.5 Å². The molecule has 3 heteroatoms. The van der Waals surface area contributed by atoms with Crippen molar-refractivity contribution < 1.29 is 9.90 Å². The fourth-order valence-corrected chi connectivity index (χ4v) is 1.64. The zero-order valence-corrected chi connectivity index (χ0v) is 9.79. The monoisotopic (exact) mass is 201 g/mol. The molecule has 0 saturated carbocycles. The van der Waals surface area contributed by atoms with E-state index in [-0.39, 0.29) is 6.54 Å². The van der Waals surface area contributed by atoms with Crippen molar-refractivity contribution in [1.82, 2.24) is 4.90 Å². The second-order valence-corrected chi connectivity index (χ2v) is 4.35. The smallest absolute Gasteiger partial charge is 0.317 e. The first-order valence-electron chi connectivity index (χ1n) is 5.43. The Morgan fingerprint density at radius 1 is 1.36 bits per heavy atom. The lowest BCUT2D eigenvalue weighted by Crippen LogP contribution is -2.39. The van der Waals surface area contributed by atoms with Gasteiger partial charge in [0.2, 0.25) is 0 Å². The van der Waals surface area contributed by atoms with Crippen molar-refractivity contribution in [3.63, 3.8) is 0 Å². The van der Waals surface area contributed by atoms with Crippen molar-refractivity contribution in [1.29, 1.82) is 0 Å². The lowest BCUT2D eigenvalue weighted by Gasteiger charge is -2.28. The standard InChI is InChI=1S/C11H23NO2/c1-5-6-10(4)12(7-9(2)3)8-11(13)14/h9-10H,5-8H2,1-4H3,(H,13,14). The first-order valence-corrected chi connectivity index (χ1v) is 5.43. The third-order valence-electron chi connectivity index (χ3n) is 2.27. The van der Waals surface area contributed by atoms with Crippen molar-refractivity contribution in [2.24, 2.45) is 5.92 Å². The van der Waals surface area contributed by atoms with Crippen LogP contribution in [0.5, 0.6) is 0 Å². The predicted octanol–water partition coefficient (Wildman–Crippen LogP) is 2.22. The number of hydrogen-bond acceptors (Lipinski definition) is 2. The van der Waals surface area contributed by atoms with Crippen molar-refractivity contribution in [3.8, 4) is 0 Å². The van der Waals surface area contributed by atoms with Gasteiger partial charge < -0.3 is 5.11 Å². The van der Waals surface area contributed by atoms with Crippen LogP contribution in [-0.2, 0) is 4.79 Å². The molecule has 0 heterocycles. The average Bonchev–Trinajstić information content (AvgIpc) is 2.01. The molecule has 0 aromatic heterocycles. The van der Waals surface area contributed by atoms with Gasteiger partial charge in [-0.3, -0.25) is 9.69 Å². The molecule has 0 aliphatic rings. The summed E-state index contributed by atoms with van der Waals surface area (Å²) in [4.78, 5) is 12.7.